The lowest BCUT2D eigenvalue weighted by Gasteiger charge is -2.03. The average molecular weight is 382 g/mol. The maximum absolute atomic E-state index is 12.6. The van der Waals surface area contributed by atoms with Crippen LogP contribution < -0.4 is 5.32 Å². The summed E-state index contributed by atoms with van der Waals surface area (Å²) >= 11 is 7.75. The third-order valence-corrected chi connectivity index (χ3v) is 5.76. The summed E-state index contributed by atoms with van der Waals surface area (Å²) in [5.41, 5.74) is 2.38. The van der Waals surface area contributed by atoms with Gasteiger partial charge in [0.2, 0.25) is 0 Å². The molecule has 26 heavy (non-hydrogen) atoms. The van der Waals surface area contributed by atoms with Crippen LogP contribution in [0.4, 0.5) is 5.82 Å². The van der Waals surface area contributed by atoms with Gasteiger partial charge in [-0.2, -0.15) is 5.10 Å². The van der Waals surface area contributed by atoms with Gasteiger partial charge in [-0.1, -0.05) is 59.6 Å². The molecule has 130 valence electrons. The van der Waals surface area contributed by atoms with E-state index in [1.807, 2.05) is 30.5 Å². The van der Waals surface area contributed by atoms with E-state index in [-0.39, 0.29) is 5.91 Å². The first-order valence-corrected chi connectivity index (χ1v) is 9.37. The van der Waals surface area contributed by atoms with Crippen molar-refractivity contribution in [1.29, 1.82) is 0 Å². The zero-order valence-electron chi connectivity index (χ0n) is 14.1. The molecule has 0 aliphatic rings. The van der Waals surface area contributed by atoms with Crippen molar-refractivity contribution in [2.75, 3.05) is 5.32 Å². The van der Waals surface area contributed by atoms with Crippen molar-refractivity contribution in [3.8, 4) is 0 Å². The number of anilines is 1. The lowest BCUT2D eigenvalue weighted by Crippen LogP contribution is -2.11. The SMILES string of the molecule is Cc1ccc(Cn2ccc(NC(=O)c3sc4ccccc4c3Cl)n2)cc1. The highest BCUT2D eigenvalue weighted by molar-refractivity contribution is 7.21. The number of benzene rings is 2. The van der Waals surface area contributed by atoms with Crippen LogP contribution in [0.3, 0.4) is 0 Å². The second-order valence-electron chi connectivity index (χ2n) is 6.08. The first kappa shape index (κ1) is 16.8. The minimum Gasteiger partial charge on any atom is -0.304 e. The number of aryl methyl sites for hydroxylation is 1. The number of hydrogen-bond acceptors (Lipinski definition) is 3. The van der Waals surface area contributed by atoms with E-state index >= 15 is 0 Å². The number of thiophene rings is 1. The number of rotatable bonds is 4. The summed E-state index contributed by atoms with van der Waals surface area (Å²) in [6.45, 7) is 2.71. The Hall–Kier alpha value is -2.63. The molecular formula is C20H16ClN3OS. The molecule has 2 aromatic carbocycles. The fourth-order valence-corrected chi connectivity index (χ4v) is 4.14. The number of nitrogens with zero attached hydrogens (tertiary/aromatic N) is 2. The first-order valence-electron chi connectivity index (χ1n) is 8.17. The lowest BCUT2D eigenvalue weighted by atomic mass is 10.1. The predicted molar refractivity (Wildman–Crippen MR) is 107 cm³/mol. The molecule has 0 fully saturated rings. The molecule has 0 saturated carbocycles. The van der Waals surface area contributed by atoms with Gasteiger partial charge in [-0.3, -0.25) is 9.48 Å². The van der Waals surface area contributed by atoms with Gasteiger partial charge < -0.3 is 5.32 Å². The Morgan fingerprint density at radius 2 is 1.92 bits per heavy atom. The maximum atomic E-state index is 12.6. The van der Waals surface area contributed by atoms with Gasteiger partial charge in [0.15, 0.2) is 5.82 Å². The number of amides is 1. The third kappa shape index (κ3) is 3.36. The van der Waals surface area contributed by atoms with Crippen LogP contribution in [0, 0.1) is 6.92 Å². The second kappa shape index (κ2) is 6.94. The number of nitrogens with one attached hydrogen (secondary N) is 1. The van der Waals surface area contributed by atoms with Crippen molar-refractivity contribution in [3.05, 3.63) is 81.8 Å². The zero-order chi connectivity index (χ0) is 18.1. The lowest BCUT2D eigenvalue weighted by molar-refractivity contribution is 0.103. The molecule has 2 heterocycles. The normalized spacial score (nSPS) is 11.0. The van der Waals surface area contributed by atoms with Gasteiger partial charge in [-0.25, -0.2) is 0 Å². The average Bonchev–Trinajstić information content (AvgIpc) is 3.22. The van der Waals surface area contributed by atoms with E-state index in [1.54, 1.807) is 10.7 Å². The maximum Gasteiger partial charge on any atom is 0.268 e. The van der Waals surface area contributed by atoms with E-state index in [4.69, 9.17) is 11.6 Å². The van der Waals surface area contributed by atoms with Gasteiger partial charge >= 0.3 is 0 Å². The molecule has 0 unspecified atom stereocenters. The van der Waals surface area contributed by atoms with Gasteiger partial charge in [0, 0.05) is 22.3 Å². The number of hydrogen-bond donors (Lipinski definition) is 1. The van der Waals surface area contributed by atoms with E-state index < -0.39 is 0 Å². The van der Waals surface area contributed by atoms with Crippen molar-refractivity contribution >= 4 is 44.7 Å². The minimum absolute atomic E-state index is 0.239. The molecule has 0 aliphatic carbocycles. The summed E-state index contributed by atoms with van der Waals surface area (Å²) in [6, 6.07) is 17.8. The molecule has 6 heteroatoms. The van der Waals surface area contributed by atoms with Crippen LogP contribution in [0.2, 0.25) is 5.02 Å². The van der Waals surface area contributed by atoms with Crippen LogP contribution >= 0.6 is 22.9 Å². The van der Waals surface area contributed by atoms with Crippen LogP contribution in [0.5, 0.6) is 0 Å². The summed E-state index contributed by atoms with van der Waals surface area (Å²) in [6.07, 6.45) is 1.85. The largest absolute Gasteiger partial charge is 0.304 e. The van der Waals surface area contributed by atoms with E-state index in [0.29, 0.717) is 22.3 Å². The molecule has 4 nitrogen and oxygen atoms in total. The molecule has 4 aromatic rings. The topological polar surface area (TPSA) is 46.9 Å². The fourth-order valence-electron chi connectivity index (χ4n) is 2.73. The molecule has 0 atom stereocenters. The van der Waals surface area contributed by atoms with Gasteiger partial charge in [0.05, 0.1) is 11.6 Å². The Balaban J connectivity index is 1.50. The monoisotopic (exact) mass is 381 g/mol. The highest BCUT2D eigenvalue weighted by Crippen LogP contribution is 2.35. The quantitative estimate of drug-likeness (QED) is 0.517. The highest BCUT2D eigenvalue weighted by Gasteiger charge is 2.17. The van der Waals surface area contributed by atoms with Gasteiger partial charge in [0.25, 0.3) is 5.91 Å². The molecule has 0 radical (unpaired) electrons. The summed E-state index contributed by atoms with van der Waals surface area (Å²) in [5.74, 6) is 0.271. The smallest absolute Gasteiger partial charge is 0.268 e. The number of carbonyl (C=O) groups is 1. The van der Waals surface area contributed by atoms with Crippen molar-refractivity contribution in [2.45, 2.75) is 13.5 Å². The van der Waals surface area contributed by atoms with Crippen LogP contribution in [0.15, 0.2) is 60.8 Å². The Kier molecular flexibility index (Phi) is 4.49. The fraction of sp³-hybridized carbons (Fsp3) is 0.100. The first-order chi connectivity index (χ1) is 12.6. The van der Waals surface area contributed by atoms with E-state index in [1.165, 1.54) is 16.9 Å². The standard InChI is InChI=1S/C20H16ClN3OS/c1-13-6-8-14(9-7-13)12-24-11-10-17(23-24)22-20(25)19-18(21)15-4-2-3-5-16(15)26-19/h2-11H,12H2,1H3,(H,22,23,25). The van der Waals surface area contributed by atoms with E-state index in [0.717, 1.165) is 15.6 Å². The molecule has 1 amide bonds. The number of halogens is 1. The molecule has 0 aliphatic heterocycles. The number of carbonyl (C=O) groups excluding carboxylic acids is 1. The van der Waals surface area contributed by atoms with Crippen LogP contribution in [0.1, 0.15) is 20.8 Å². The van der Waals surface area contributed by atoms with Crippen LogP contribution in [-0.4, -0.2) is 15.7 Å². The summed E-state index contributed by atoms with van der Waals surface area (Å²) < 4.78 is 2.79. The van der Waals surface area contributed by atoms with Gasteiger partial charge in [0.1, 0.15) is 4.88 Å². The van der Waals surface area contributed by atoms with E-state index in [2.05, 4.69) is 41.6 Å². The summed E-state index contributed by atoms with van der Waals surface area (Å²) in [4.78, 5) is 13.1. The van der Waals surface area contributed by atoms with Crippen LogP contribution in [0.25, 0.3) is 10.1 Å². The molecule has 2 aromatic heterocycles. The van der Waals surface area contributed by atoms with Crippen LogP contribution in [-0.2, 0) is 6.54 Å². The third-order valence-electron chi connectivity index (χ3n) is 4.09. The number of fused-ring (bicyclic) bond motifs is 1. The highest BCUT2D eigenvalue weighted by atomic mass is 35.5. The molecule has 0 bridgehead atoms. The summed E-state index contributed by atoms with van der Waals surface area (Å²) in [5, 5.41) is 8.64. The van der Waals surface area contributed by atoms with Gasteiger partial charge in [-0.15, -0.1) is 11.3 Å². The Labute approximate surface area is 160 Å². The van der Waals surface area contributed by atoms with Gasteiger partial charge in [-0.05, 0) is 18.6 Å². The minimum atomic E-state index is -0.239. The molecule has 4 rings (SSSR count). The summed E-state index contributed by atoms with van der Waals surface area (Å²) in [7, 11) is 0. The Bertz CT molecular complexity index is 1080. The Morgan fingerprint density at radius 1 is 1.15 bits per heavy atom. The van der Waals surface area contributed by atoms with E-state index in [9.17, 15) is 4.79 Å². The number of aromatic nitrogens is 2. The van der Waals surface area contributed by atoms with Crippen molar-refractivity contribution < 1.29 is 4.79 Å². The molecular weight excluding hydrogens is 366 g/mol. The zero-order valence-corrected chi connectivity index (χ0v) is 15.6. The molecule has 0 spiro atoms. The van der Waals surface area contributed by atoms with Crippen molar-refractivity contribution in [1.82, 2.24) is 9.78 Å². The Morgan fingerprint density at radius 3 is 2.69 bits per heavy atom. The second-order valence-corrected chi connectivity index (χ2v) is 7.51. The van der Waals surface area contributed by atoms with Crippen molar-refractivity contribution in [3.63, 3.8) is 0 Å². The molecule has 0 saturated heterocycles. The predicted octanol–water partition coefficient (Wildman–Crippen LogP) is 5.36. The molecule has 1 N–H and O–H groups in total. The van der Waals surface area contributed by atoms with Crippen molar-refractivity contribution in [2.24, 2.45) is 0 Å².